The van der Waals surface area contributed by atoms with E-state index in [-0.39, 0.29) is 24.2 Å². The largest absolute Gasteiger partial charge is 0.351 e. The van der Waals surface area contributed by atoms with Gasteiger partial charge >= 0.3 is 0 Å². The summed E-state index contributed by atoms with van der Waals surface area (Å²) in [7, 11) is 0. The number of hydrogen-bond acceptors (Lipinski definition) is 1. The van der Waals surface area contributed by atoms with Crippen molar-refractivity contribution in [3.63, 3.8) is 0 Å². The molecule has 0 saturated heterocycles. The van der Waals surface area contributed by atoms with E-state index in [0.717, 1.165) is 14.5 Å². The lowest BCUT2D eigenvalue weighted by atomic mass is 9.95. The first-order chi connectivity index (χ1) is 10.5. The summed E-state index contributed by atoms with van der Waals surface area (Å²) < 4.78 is 15.4. The first-order valence-corrected chi connectivity index (χ1v) is 8.57. The van der Waals surface area contributed by atoms with Gasteiger partial charge in [-0.25, -0.2) is 4.39 Å². The zero-order valence-corrected chi connectivity index (χ0v) is 15.2. The van der Waals surface area contributed by atoms with Crippen LogP contribution in [0.4, 0.5) is 4.39 Å². The highest BCUT2D eigenvalue weighted by molar-refractivity contribution is 9.10. The molecule has 0 aliphatic rings. The standard InChI is InChI=1S/C17H16Br2FNO/c1-2-15(11-4-3-5-13(18)8-11)17(22)21-10-12-9-14(19)6-7-16(12)20/h3-9,15H,2,10H2,1H3,(H,21,22). The molecule has 0 heterocycles. The van der Waals surface area contributed by atoms with Crippen LogP contribution in [0.1, 0.15) is 30.4 Å². The molecule has 5 heteroatoms. The summed E-state index contributed by atoms with van der Waals surface area (Å²) >= 11 is 6.72. The van der Waals surface area contributed by atoms with Gasteiger partial charge in [-0.1, -0.05) is 50.9 Å². The van der Waals surface area contributed by atoms with Crippen LogP contribution in [0.2, 0.25) is 0 Å². The molecule has 2 aromatic rings. The third kappa shape index (κ3) is 4.40. The van der Waals surface area contributed by atoms with Crippen LogP contribution >= 0.6 is 31.9 Å². The van der Waals surface area contributed by atoms with E-state index in [1.165, 1.54) is 6.07 Å². The molecule has 0 spiro atoms. The normalized spacial score (nSPS) is 12.0. The van der Waals surface area contributed by atoms with E-state index in [9.17, 15) is 9.18 Å². The van der Waals surface area contributed by atoms with Gasteiger partial charge in [-0.3, -0.25) is 4.79 Å². The minimum Gasteiger partial charge on any atom is -0.351 e. The van der Waals surface area contributed by atoms with Gasteiger partial charge in [0.2, 0.25) is 5.91 Å². The molecule has 22 heavy (non-hydrogen) atoms. The molecular weight excluding hydrogens is 413 g/mol. The van der Waals surface area contributed by atoms with Crippen molar-refractivity contribution < 1.29 is 9.18 Å². The first kappa shape index (κ1) is 17.2. The van der Waals surface area contributed by atoms with Crippen molar-refractivity contribution in [3.05, 3.63) is 68.4 Å². The van der Waals surface area contributed by atoms with Gasteiger partial charge in [-0.2, -0.15) is 0 Å². The molecule has 0 bridgehead atoms. The van der Waals surface area contributed by atoms with Crippen LogP contribution in [0, 0.1) is 5.82 Å². The van der Waals surface area contributed by atoms with Crippen molar-refractivity contribution in [2.24, 2.45) is 0 Å². The number of nitrogens with one attached hydrogen (secondary N) is 1. The van der Waals surface area contributed by atoms with Crippen LogP contribution in [0.15, 0.2) is 51.4 Å². The second-order valence-electron chi connectivity index (χ2n) is 4.97. The Morgan fingerprint density at radius 2 is 1.91 bits per heavy atom. The lowest BCUT2D eigenvalue weighted by molar-refractivity contribution is -0.122. The van der Waals surface area contributed by atoms with Crippen molar-refractivity contribution in [1.82, 2.24) is 5.32 Å². The summed E-state index contributed by atoms with van der Waals surface area (Å²) in [5, 5.41) is 2.82. The quantitative estimate of drug-likeness (QED) is 0.699. The van der Waals surface area contributed by atoms with E-state index in [2.05, 4.69) is 37.2 Å². The fraction of sp³-hybridized carbons (Fsp3) is 0.235. The fourth-order valence-corrected chi connectivity index (χ4v) is 3.11. The number of carbonyl (C=O) groups excluding carboxylic acids is 1. The second-order valence-corrected chi connectivity index (χ2v) is 6.80. The lowest BCUT2D eigenvalue weighted by Gasteiger charge is -2.16. The number of amides is 1. The average molecular weight is 429 g/mol. The Balaban J connectivity index is 2.08. The average Bonchev–Trinajstić information content (AvgIpc) is 2.49. The lowest BCUT2D eigenvalue weighted by Crippen LogP contribution is -2.29. The monoisotopic (exact) mass is 427 g/mol. The number of rotatable bonds is 5. The molecule has 2 aromatic carbocycles. The Morgan fingerprint density at radius 3 is 2.59 bits per heavy atom. The van der Waals surface area contributed by atoms with Crippen molar-refractivity contribution in [2.45, 2.75) is 25.8 Å². The van der Waals surface area contributed by atoms with Crippen LogP contribution in [0.5, 0.6) is 0 Å². The van der Waals surface area contributed by atoms with Crippen LogP contribution in [-0.4, -0.2) is 5.91 Å². The summed E-state index contributed by atoms with van der Waals surface area (Å²) in [6.45, 7) is 2.14. The molecule has 2 nitrogen and oxygen atoms in total. The Bertz CT molecular complexity index is 675. The highest BCUT2D eigenvalue weighted by Crippen LogP contribution is 2.23. The van der Waals surface area contributed by atoms with E-state index < -0.39 is 0 Å². The zero-order chi connectivity index (χ0) is 16.1. The predicted molar refractivity (Wildman–Crippen MR) is 93.1 cm³/mol. The predicted octanol–water partition coefficient (Wildman–Crippen LogP) is 5.16. The topological polar surface area (TPSA) is 29.1 Å². The third-order valence-electron chi connectivity index (χ3n) is 3.44. The Morgan fingerprint density at radius 1 is 1.18 bits per heavy atom. The van der Waals surface area contributed by atoms with Crippen LogP contribution < -0.4 is 5.32 Å². The van der Waals surface area contributed by atoms with Crippen LogP contribution in [-0.2, 0) is 11.3 Å². The third-order valence-corrected chi connectivity index (χ3v) is 4.42. The molecule has 0 aliphatic heterocycles. The SMILES string of the molecule is CCC(C(=O)NCc1cc(Br)ccc1F)c1cccc(Br)c1. The summed E-state index contributed by atoms with van der Waals surface area (Å²) in [6.07, 6.45) is 0.684. The van der Waals surface area contributed by atoms with E-state index in [4.69, 9.17) is 0 Å². The minimum atomic E-state index is -0.320. The van der Waals surface area contributed by atoms with Crippen molar-refractivity contribution in [3.8, 4) is 0 Å². The molecule has 0 fully saturated rings. The molecule has 0 aromatic heterocycles. The molecule has 2 rings (SSSR count). The highest BCUT2D eigenvalue weighted by Gasteiger charge is 2.19. The number of hydrogen-bond donors (Lipinski definition) is 1. The first-order valence-electron chi connectivity index (χ1n) is 6.98. The minimum absolute atomic E-state index is 0.0972. The maximum absolute atomic E-state index is 13.7. The second kappa shape index (κ2) is 7.88. The molecule has 1 amide bonds. The van der Waals surface area contributed by atoms with Crippen molar-refractivity contribution >= 4 is 37.8 Å². The summed E-state index contributed by atoms with van der Waals surface area (Å²) in [6, 6.07) is 12.4. The molecule has 1 N–H and O–H groups in total. The molecule has 1 unspecified atom stereocenters. The Kier molecular flexibility index (Phi) is 6.15. The van der Waals surface area contributed by atoms with Crippen LogP contribution in [0.25, 0.3) is 0 Å². The summed E-state index contributed by atoms with van der Waals surface area (Å²) in [5.74, 6) is -0.660. The number of benzene rings is 2. The van der Waals surface area contributed by atoms with Gasteiger partial charge in [-0.15, -0.1) is 0 Å². The van der Waals surface area contributed by atoms with Crippen molar-refractivity contribution in [1.29, 1.82) is 0 Å². The number of carbonyl (C=O) groups is 1. The van der Waals surface area contributed by atoms with E-state index >= 15 is 0 Å². The van der Waals surface area contributed by atoms with Gasteiger partial charge in [0.1, 0.15) is 5.82 Å². The molecule has 0 radical (unpaired) electrons. The molecular formula is C17H16Br2FNO. The van der Waals surface area contributed by atoms with E-state index in [1.807, 2.05) is 31.2 Å². The number of halogens is 3. The van der Waals surface area contributed by atoms with Gasteiger partial charge in [0.05, 0.1) is 5.92 Å². The van der Waals surface area contributed by atoms with Gasteiger partial charge in [-0.05, 0) is 42.3 Å². The van der Waals surface area contributed by atoms with Crippen LogP contribution in [0.3, 0.4) is 0 Å². The fourth-order valence-electron chi connectivity index (χ4n) is 2.28. The van der Waals surface area contributed by atoms with Gasteiger partial charge < -0.3 is 5.32 Å². The highest BCUT2D eigenvalue weighted by atomic mass is 79.9. The van der Waals surface area contributed by atoms with Crippen molar-refractivity contribution in [2.75, 3.05) is 0 Å². The Hall–Kier alpha value is -1.20. The maximum atomic E-state index is 13.7. The van der Waals surface area contributed by atoms with Gasteiger partial charge in [0.25, 0.3) is 0 Å². The Labute approximate surface area is 146 Å². The van der Waals surface area contributed by atoms with E-state index in [1.54, 1.807) is 12.1 Å². The van der Waals surface area contributed by atoms with Gasteiger partial charge in [0, 0.05) is 21.1 Å². The zero-order valence-electron chi connectivity index (χ0n) is 12.1. The summed E-state index contributed by atoms with van der Waals surface area (Å²) in [5.41, 5.74) is 1.41. The smallest absolute Gasteiger partial charge is 0.227 e. The molecule has 1 atom stereocenters. The maximum Gasteiger partial charge on any atom is 0.227 e. The molecule has 0 saturated carbocycles. The molecule has 0 aliphatic carbocycles. The molecule has 116 valence electrons. The summed E-state index contributed by atoms with van der Waals surface area (Å²) in [4.78, 5) is 12.4. The van der Waals surface area contributed by atoms with Gasteiger partial charge in [0.15, 0.2) is 0 Å². The van der Waals surface area contributed by atoms with E-state index in [0.29, 0.717) is 12.0 Å².